The number of nitrogens with zero attached hydrogens (tertiary/aromatic N) is 4. The maximum absolute atomic E-state index is 5.43. The van der Waals surface area contributed by atoms with Gasteiger partial charge in [0.05, 0.1) is 44.5 Å². The second-order valence-electron chi connectivity index (χ2n) is 13.4. The van der Waals surface area contributed by atoms with Crippen molar-refractivity contribution in [2.24, 2.45) is 0 Å². The van der Waals surface area contributed by atoms with Crippen LogP contribution in [0.15, 0.2) is 182 Å². The Morgan fingerprint density at radius 2 is 0.827 bits per heavy atom. The molecule has 3 heterocycles. The number of hydrogen-bond acceptors (Lipinski definition) is 2. The number of benzene rings is 8. The van der Waals surface area contributed by atoms with Crippen LogP contribution in [0.2, 0.25) is 0 Å². The Kier molecular flexibility index (Phi) is 6.22. The molecule has 0 unspecified atom stereocenters. The molecule has 0 spiro atoms. The van der Waals surface area contributed by atoms with E-state index in [0.29, 0.717) is 0 Å². The first-order valence-electron chi connectivity index (χ1n) is 17.7. The number of hydrogen-bond donors (Lipinski definition) is 0. The first-order chi connectivity index (χ1) is 25.8. The average Bonchev–Trinajstić information content (AvgIpc) is 3.72. The molecule has 0 bridgehead atoms. The smallest absolute Gasteiger partial charge is 0.0973 e. The second-order valence-corrected chi connectivity index (χ2v) is 13.4. The van der Waals surface area contributed by atoms with Gasteiger partial charge < -0.3 is 9.13 Å². The largest absolute Gasteiger partial charge is 0.309 e. The average molecular weight is 663 g/mol. The minimum Gasteiger partial charge on any atom is -0.309 e. The summed E-state index contributed by atoms with van der Waals surface area (Å²) in [4.78, 5) is 10.7. The highest BCUT2D eigenvalue weighted by Gasteiger charge is 2.20. The molecule has 0 amide bonds. The van der Waals surface area contributed by atoms with Gasteiger partial charge in [-0.2, -0.15) is 0 Å². The zero-order valence-corrected chi connectivity index (χ0v) is 28.1. The summed E-state index contributed by atoms with van der Waals surface area (Å²) < 4.78 is 4.81. The van der Waals surface area contributed by atoms with Crippen LogP contribution in [0.5, 0.6) is 0 Å². The molecule has 0 saturated carbocycles. The molecule has 0 aliphatic heterocycles. The summed E-state index contributed by atoms with van der Waals surface area (Å²) in [6.07, 6.45) is 0. The topological polar surface area (TPSA) is 35.6 Å². The Balaban J connectivity index is 1.20. The van der Waals surface area contributed by atoms with Gasteiger partial charge in [0.25, 0.3) is 0 Å². The van der Waals surface area contributed by atoms with Crippen molar-refractivity contribution in [1.29, 1.82) is 0 Å². The number of fused-ring (bicyclic) bond motifs is 9. The van der Waals surface area contributed by atoms with Gasteiger partial charge in [0.15, 0.2) is 0 Å². The monoisotopic (exact) mass is 662 g/mol. The molecule has 11 aromatic rings. The first kappa shape index (κ1) is 28.8. The summed E-state index contributed by atoms with van der Waals surface area (Å²) in [7, 11) is 0. The van der Waals surface area contributed by atoms with E-state index in [1.165, 1.54) is 43.6 Å². The third kappa shape index (κ3) is 4.28. The molecule has 8 aromatic carbocycles. The van der Waals surface area contributed by atoms with E-state index in [0.717, 1.165) is 55.7 Å². The summed E-state index contributed by atoms with van der Waals surface area (Å²) in [5, 5.41) is 7.12. The summed E-state index contributed by atoms with van der Waals surface area (Å²) >= 11 is 0. The van der Waals surface area contributed by atoms with Gasteiger partial charge in [-0.3, -0.25) is 0 Å². The normalized spacial score (nSPS) is 11.8. The molecule has 0 fully saturated rings. The molecule has 0 saturated heterocycles. The standard InChI is InChI=1S/C48H30N4/c1-4-14-32(15-5-1)46-47(33-16-6-2-7-17-33)50-48-38-28-35(26-24-31(38)25-27-41(48)49-46)52-43-23-13-11-21-37(43)40-29-44-39(30-45(40)52)36-20-10-12-22-42(36)51(44)34-18-8-3-9-19-34/h1-30H. The Morgan fingerprint density at radius 1 is 0.327 bits per heavy atom. The van der Waals surface area contributed by atoms with Crippen LogP contribution in [-0.2, 0) is 0 Å². The Hall–Kier alpha value is -7.04. The lowest BCUT2D eigenvalue weighted by atomic mass is 10.0. The van der Waals surface area contributed by atoms with Crippen molar-refractivity contribution in [3.63, 3.8) is 0 Å². The van der Waals surface area contributed by atoms with Gasteiger partial charge in [-0.05, 0) is 60.0 Å². The predicted octanol–water partition coefficient (Wildman–Crippen LogP) is 12.3. The van der Waals surface area contributed by atoms with E-state index in [1.807, 2.05) is 12.1 Å². The third-order valence-electron chi connectivity index (χ3n) is 10.5. The SMILES string of the molecule is c1ccc(-c2nc3ccc4ccc(-n5c6ccccc6c6cc7c(cc65)c5ccccc5n7-c5ccccc5)cc4c3nc2-c2ccccc2)cc1. The van der Waals surface area contributed by atoms with E-state index in [2.05, 4.69) is 179 Å². The Morgan fingerprint density at radius 3 is 1.44 bits per heavy atom. The summed E-state index contributed by atoms with van der Waals surface area (Å²) in [5.41, 5.74) is 12.6. The second kappa shape index (κ2) is 11.2. The highest BCUT2D eigenvalue weighted by Crippen LogP contribution is 2.40. The lowest BCUT2D eigenvalue weighted by Crippen LogP contribution is -1.97. The van der Waals surface area contributed by atoms with E-state index in [-0.39, 0.29) is 0 Å². The molecule has 0 aliphatic rings. The van der Waals surface area contributed by atoms with E-state index >= 15 is 0 Å². The minimum atomic E-state index is 0.876. The summed E-state index contributed by atoms with van der Waals surface area (Å²) in [6, 6.07) is 64.7. The number of rotatable bonds is 4. The molecular weight excluding hydrogens is 633 g/mol. The van der Waals surface area contributed by atoms with Crippen LogP contribution < -0.4 is 0 Å². The maximum atomic E-state index is 5.43. The maximum Gasteiger partial charge on any atom is 0.0973 e. The molecule has 242 valence electrons. The van der Waals surface area contributed by atoms with Crippen LogP contribution in [0.1, 0.15) is 0 Å². The predicted molar refractivity (Wildman–Crippen MR) is 217 cm³/mol. The van der Waals surface area contributed by atoms with Gasteiger partial charge in [-0.1, -0.05) is 127 Å². The van der Waals surface area contributed by atoms with Crippen molar-refractivity contribution < 1.29 is 0 Å². The molecule has 52 heavy (non-hydrogen) atoms. The zero-order chi connectivity index (χ0) is 34.2. The first-order valence-corrected chi connectivity index (χ1v) is 17.7. The quantitative estimate of drug-likeness (QED) is 0.176. The van der Waals surface area contributed by atoms with E-state index < -0.39 is 0 Å². The highest BCUT2D eigenvalue weighted by molar-refractivity contribution is 6.19. The van der Waals surface area contributed by atoms with Crippen molar-refractivity contribution in [3.8, 4) is 33.9 Å². The number of aromatic nitrogens is 4. The van der Waals surface area contributed by atoms with Gasteiger partial charge in [-0.15, -0.1) is 0 Å². The van der Waals surface area contributed by atoms with Crippen LogP contribution in [-0.4, -0.2) is 19.1 Å². The molecule has 0 N–H and O–H groups in total. The molecule has 0 radical (unpaired) electrons. The fourth-order valence-corrected chi connectivity index (χ4v) is 8.12. The van der Waals surface area contributed by atoms with E-state index in [9.17, 15) is 0 Å². The fourth-order valence-electron chi connectivity index (χ4n) is 8.12. The lowest BCUT2D eigenvalue weighted by molar-refractivity contribution is 1.18. The molecule has 11 rings (SSSR count). The van der Waals surface area contributed by atoms with Crippen LogP contribution in [0, 0.1) is 0 Å². The molecule has 0 atom stereocenters. The van der Waals surface area contributed by atoms with Crippen LogP contribution >= 0.6 is 0 Å². The Bertz CT molecular complexity index is 3160. The Labute approximate surface area is 299 Å². The van der Waals surface area contributed by atoms with Crippen molar-refractivity contribution in [1.82, 2.24) is 19.1 Å². The molecular formula is C48H30N4. The van der Waals surface area contributed by atoms with Crippen LogP contribution in [0.4, 0.5) is 0 Å². The lowest BCUT2D eigenvalue weighted by Gasteiger charge is -2.14. The fraction of sp³-hybridized carbons (Fsp3) is 0. The molecule has 4 nitrogen and oxygen atoms in total. The van der Waals surface area contributed by atoms with Gasteiger partial charge in [-0.25, -0.2) is 9.97 Å². The van der Waals surface area contributed by atoms with E-state index in [4.69, 9.17) is 9.97 Å². The summed E-state index contributed by atoms with van der Waals surface area (Å²) in [5.74, 6) is 0. The minimum absolute atomic E-state index is 0.876. The zero-order valence-electron chi connectivity index (χ0n) is 28.1. The van der Waals surface area contributed by atoms with Crippen molar-refractivity contribution in [3.05, 3.63) is 182 Å². The highest BCUT2D eigenvalue weighted by atomic mass is 15.0. The summed E-state index contributed by atoms with van der Waals surface area (Å²) in [6.45, 7) is 0. The van der Waals surface area contributed by atoms with E-state index in [1.54, 1.807) is 0 Å². The van der Waals surface area contributed by atoms with Gasteiger partial charge in [0.2, 0.25) is 0 Å². The van der Waals surface area contributed by atoms with Crippen molar-refractivity contribution in [2.45, 2.75) is 0 Å². The molecule has 4 heteroatoms. The van der Waals surface area contributed by atoms with Crippen molar-refractivity contribution >= 4 is 65.4 Å². The number of para-hydroxylation sites is 3. The molecule has 0 aliphatic carbocycles. The molecule has 3 aromatic heterocycles. The van der Waals surface area contributed by atoms with Gasteiger partial charge in [0, 0.05) is 49.4 Å². The van der Waals surface area contributed by atoms with Gasteiger partial charge in [0.1, 0.15) is 0 Å². The van der Waals surface area contributed by atoms with Crippen LogP contribution in [0.3, 0.4) is 0 Å². The third-order valence-corrected chi connectivity index (χ3v) is 10.5. The van der Waals surface area contributed by atoms with Crippen molar-refractivity contribution in [2.75, 3.05) is 0 Å². The van der Waals surface area contributed by atoms with Gasteiger partial charge >= 0.3 is 0 Å². The van der Waals surface area contributed by atoms with Crippen LogP contribution in [0.25, 0.3) is 99.3 Å².